The van der Waals surface area contributed by atoms with E-state index in [4.69, 9.17) is 21.1 Å². The van der Waals surface area contributed by atoms with Crippen molar-refractivity contribution in [3.8, 4) is 0 Å². The Morgan fingerprint density at radius 3 is 2.50 bits per heavy atom. The largest absolute Gasteiger partial charge is 0.465 e. The van der Waals surface area contributed by atoms with Gasteiger partial charge in [-0.25, -0.2) is 9.59 Å². The summed E-state index contributed by atoms with van der Waals surface area (Å²) in [4.78, 5) is 23.2. The maximum absolute atomic E-state index is 11.7. The minimum absolute atomic E-state index is 0.340. The van der Waals surface area contributed by atoms with Crippen LogP contribution in [0.15, 0.2) is 18.2 Å². The highest BCUT2D eigenvalue weighted by Crippen LogP contribution is 2.21. The van der Waals surface area contributed by atoms with Crippen LogP contribution in [-0.2, 0) is 9.47 Å². The van der Waals surface area contributed by atoms with E-state index in [9.17, 15) is 9.59 Å². The fourth-order valence-corrected chi connectivity index (χ4v) is 1.80. The SMILES string of the molecule is COC(=O)c1cc(Cl)ccc1NCCNC(=O)OC(C)(C)C. The molecule has 0 heterocycles. The van der Waals surface area contributed by atoms with E-state index in [-0.39, 0.29) is 0 Å². The zero-order valence-electron chi connectivity index (χ0n) is 13.2. The molecule has 6 nitrogen and oxygen atoms in total. The molecule has 0 saturated carbocycles. The maximum atomic E-state index is 11.7. The number of amides is 1. The van der Waals surface area contributed by atoms with Gasteiger partial charge < -0.3 is 20.1 Å². The zero-order valence-corrected chi connectivity index (χ0v) is 13.9. The Kier molecular flexibility index (Phi) is 6.49. The molecule has 0 aliphatic heterocycles. The number of hydrogen-bond acceptors (Lipinski definition) is 5. The Morgan fingerprint density at radius 2 is 1.91 bits per heavy atom. The van der Waals surface area contributed by atoms with E-state index in [1.54, 1.807) is 32.9 Å². The van der Waals surface area contributed by atoms with Crippen LogP contribution in [0.2, 0.25) is 5.02 Å². The number of methoxy groups -OCH3 is 1. The third-order valence-electron chi connectivity index (χ3n) is 2.50. The van der Waals surface area contributed by atoms with Gasteiger partial charge in [-0.05, 0) is 39.0 Å². The number of nitrogens with one attached hydrogen (secondary N) is 2. The van der Waals surface area contributed by atoms with Crippen molar-refractivity contribution in [2.24, 2.45) is 0 Å². The van der Waals surface area contributed by atoms with Gasteiger partial charge >= 0.3 is 12.1 Å². The minimum atomic E-state index is -0.536. The van der Waals surface area contributed by atoms with Crippen molar-refractivity contribution in [2.75, 3.05) is 25.5 Å². The second-order valence-electron chi connectivity index (χ2n) is 5.54. The van der Waals surface area contributed by atoms with Gasteiger partial charge in [0.25, 0.3) is 0 Å². The van der Waals surface area contributed by atoms with Crippen molar-refractivity contribution in [1.82, 2.24) is 5.32 Å². The average Bonchev–Trinajstić information content (AvgIpc) is 2.42. The number of halogens is 1. The molecule has 0 aromatic heterocycles. The van der Waals surface area contributed by atoms with E-state index < -0.39 is 17.7 Å². The van der Waals surface area contributed by atoms with Crippen molar-refractivity contribution >= 4 is 29.4 Å². The third kappa shape index (κ3) is 6.22. The van der Waals surface area contributed by atoms with Gasteiger partial charge in [-0.1, -0.05) is 11.6 Å². The number of anilines is 1. The first-order chi connectivity index (χ1) is 10.2. The maximum Gasteiger partial charge on any atom is 0.407 e. The summed E-state index contributed by atoms with van der Waals surface area (Å²) in [6.07, 6.45) is -0.487. The highest BCUT2D eigenvalue weighted by molar-refractivity contribution is 6.31. The standard InChI is InChI=1S/C15H21ClN2O4/c1-15(2,3)22-14(20)18-8-7-17-12-6-5-10(16)9-11(12)13(19)21-4/h5-6,9,17H,7-8H2,1-4H3,(H,18,20). The summed E-state index contributed by atoms with van der Waals surface area (Å²) < 4.78 is 9.82. The van der Waals surface area contributed by atoms with Crippen LogP contribution in [-0.4, -0.2) is 37.9 Å². The van der Waals surface area contributed by atoms with Crippen LogP contribution in [0.25, 0.3) is 0 Å². The van der Waals surface area contributed by atoms with Crippen LogP contribution < -0.4 is 10.6 Å². The molecule has 1 amide bonds. The van der Waals surface area contributed by atoms with Crippen LogP contribution in [0.4, 0.5) is 10.5 Å². The first kappa shape index (κ1) is 18.1. The molecule has 22 heavy (non-hydrogen) atoms. The topological polar surface area (TPSA) is 76.7 Å². The summed E-state index contributed by atoms with van der Waals surface area (Å²) in [7, 11) is 1.30. The summed E-state index contributed by atoms with van der Waals surface area (Å²) in [5.41, 5.74) is 0.390. The number of esters is 1. The van der Waals surface area contributed by atoms with Crippen molar-refractivity contribution in [3.63, 3.8) is 0 Å². The summed E-state index contributed by atoms with van der Waals surface area (Å²) in [6.45, 7) is 6.15. The summed E-state index contributed by atoms with van der Waals surface area (Å²) >= 11 is 5.87. The quantitative estimate of drug-likeness (QED) is 0.641. The highest BCUT2D eigenvalue weighted by Gasteiger charge is 2.16. The fourth-order valence-electron chi connectivity index (χ4n) is 1.63. The first-order valence-corrected chi connectivity index (χ1v) is 7.19. The molecule has 0 aliphatic carbocycles. The number of hydrogen-bond donors (Lipinski definition) is 2. The van der Waals surface area contributed by atoms with Crippen molar-refractivity contribution < 1.29 is 19.1 Å². The second-order valence-corrected chi connectivity index (χ2v) is 5.97. The molecule has 122 valence electrons. The number of ether oxygens (including phenoxy) is 2. The summed E-state index contributed by atoms with van der Waals surface area (Å²) in [5, 5.41) is 6.10. The third-order valence-corrected chi connectivity index (χ3v) is 2.73. The number of carbonyl (C=O) groups excluding carboxylic acids is 2. The first-order valence-electron chi connectivity index (χ1n) is 6.81. The highest BCUT2D eigenvalue weighted by atomic mass is 35.5. The molecule has 0 bridgehead atoms. The molecule has 0 spiro atoms. The summed E-state index contributed by atoms with van der Waals surface area (Å²) in [5.74, 6) is -0.481. The fraction of sp³-hybridized carbons (Fsp3) is 0.467. The number of alkyl carbamates (subject to hydrolysis) is 1. The molecule has 2 N–H and O–H groups in total. The lowest BCUT2D eigenvalue weighted by atomic mass is 10.2. The van der Waals surface area contributed by atoms with Gasteiger partial charge in [-0.15, -0.1) is 0 Å². The van der Waals surface area contributed by atoms with Crippen molar-refractivity contribution in [3.05, 3.63) is 28.8 Å². The lowest BCUT2D eigenvalue weighted by Crippen LogP contribution is -2.35. The van der Waals surface area contributed by atoms with E-state index in [2.05, 4.69) is 10.6 Å². The van der Waals surface area contributed by atoms with E-state index in [1.165, 1.54) is 13.2 Å². The Bertz CT molecular complexity index is 541. The van der Waals surface area contributed by atoms with Gasteiger partial charge in [0, 0.05) is 23.8 Å². The smallest absolute Gasteiger partial charge is 0.407 e. The number of rotatable bonds is 5. The molecule has 0 atom stereocenters. The molecule has 0 radical (unpaired) electrons. The van der Waals surface area contributed by atoms with E-state index in [0.717, 1.165) is 0 Å². The van der Waals surface area contributed by atoms with Gasteiger partial charge in [0.2, 0.25) is 0 Å². The van der Waals surface area contributed by atoms with Crippen LogP contribution in [0.5, 0.6) is 0 Å². The van der Waals surface area contributed by atoms with Crippen LogP contribution >= 0.6 is 11.6 Å². The molecular formula is C15H21ClN2O4. The molecule has 0 aliphatic rings. The predicted molar refractivity (Wildman–Crippen MR) is 85.5 cm³/mol. The molecule has 1 aromatic rings. The average molecular weight is 329 g/mol. The van der Waals surface area contributed by atoms with Gasteiger partial charge in [0.05, 0.1) is 12.7 Å². The van der Waals surface area contributed by atoms with E-state index in [1.807, 2.05) is 0 Å². The normalized spacial score (nSPS) is 10.8. The van der Waals surface area contributed by atoms with Crippen molar-refractivity contribution in [1.29, 1.82) is 0 Å². The molecule has 1 aromatic carbocycles. The molecule has 0 unspecified atom stereocenters. The van der Waals surface area contributed by atoms with E-state index in [0.29, 0.717) is 29.4 Å². The molecule has 1 rings (SSSR count). The van der Waals surface area contributed by atoms with Crippen LogP contribution in [0, 0.1) is 0 Å². The Morgan fingerprint density at radius 1 is 1.23 bits per heavy atom. The van der Waals surface area contributed by atoms with Crippen LogP contribution in [0.3, 0.4) is 0 Å². The Labute approximate surface area is 135 Å². The molecular weight excluding hydrogens is 308 g/mol. The minimum Gasteiger partial charge on any atom is -0.465 e. The Balaban J connectivity index is 2.52. The molecule has 7 heteroatoms. The van der Waals surface area contributed by atoms with Gasteiger partial charge in [0.1, 0.15) is 5.60 Å². The second kappa shape index (κ2) is 7.89. The lowest BCUT2D eigenvalue weighted by molar-refractivity contribution is 0.0528. The zero-order chi connectivity index (χ0) is 16.8. The molecule has 0 fully saturated rings. The van der Waals surface area contributed by atoms with Crippen LogP contribution in [0.1, 0.15) is 31.1 Å². The number of benzene rings is 1. The van der Waals surface area contributed by atoms with E-state index >= 15 is 0 Å². The summed E-state index contributed by atoms with van der Waals surface area (Å²) in [6, 6.07) is 4.87. The lowest BCUT2D eigenvalue weighted by Gasteiger charge is -2.19. The monoisotopic (exact) mass is 328 g/mol. The number of carbonyl (C=O) groups is 2. The molecule has 0 saturated heterocycles. The Hall–Kier alpha value is -1.95. The predicted octanol–water partition coefficient (Wildman–Crippen LogP) is 3.06. The van der Waals surface area contributed by atoms with Gasteiger partial charge in [-0.2, -0.15) is 0 Å². The van der Waals surface area contributed by atoms with Gasteiger partial charge in [0.15, 0.2) is 0 Å². The van der Waals surface area contributed by atoms with Gasteiger partial charge in [-0.3, -0.25) is 0 Å². The van der Waals surface area contributed by atoms with Crippen molar-refractivity contribution in [2.45, 2.75) is 26.4 Å².